The molecule has 1 atom stereocenters. The van der Waals surface area contributed by atoms with Gasteiger partial charge in [0.2, 0.25) is 5.91 Å². The smallest absolute Gasteiger partial charge is 0.226 e. The van der Waals surface area contributed by atoms with Crippen molar-refractivity contribution in [2.45, 2.75) is 18.6 Å². The van der Waals surface area contributed by atoms with Crippen LogP contribution in [0.5, 0.6) is 5.75 Å². The molecule has 1 aliphatic heterocycles. The number of thioether (sulfide) groups is 1. The molecule has 0 unspecified atom stereocenters. The first kappa shape index (κ1) is 16.3. The number of fused-ring (bicyclic) bond motifs is 1. The highest BCUT2D eigenvalue weighted by Gasteiger charge is 2.25. The lowest BCUT2D eigenvalue weighted by Gasteiger charge is -2.24. The first-order valence-corrected chi connectivity index (χ1v) is 9.94. The van der Waals surface area contributed by atoms with Gasteiger partial charge < -0.3 is 10.1 Å². The molecule has 2 heterocycles. The number of rotatable bonds is 6. The van der Waals surface area contributed by atoms with Gasteiger partial charge in [-0.2, -0.15) is 11.8 Å². The molecule has 0 saturated carbocycles. The number of aromatic nitrogens is 1. The van der Waals surface area contributed by atoms with Crippen molar-refractivity contribution < 1.29 is 9.53 Å². The molecule has 3 rings (SSSR count). The lowest BCUT2D eigenvalue weighted by Crippen LogP contribution is -2.38. The van der Waals surface area contributed by atoms with Gasteiger partial charge in [0.1, 0.15) is 17.4 Å². The van der Waals surface area contributed by atoms with E-state index in [0.29, 0.717) is 13.2 Å². The molecule has 0 spiro atoms. The van der Waals surface area contributed by atoms with Gasteiger partial charge in [-0.1, -0.05) is 18.2 Å². The molecule has 0 bridgehead atoms. The zero-order valence-corrected chi connectivity index (χ0v) is 14.7. The maximum absolute atomic E-state index is 12.3. The van der Waals surface area contributed by atoms with E-state index < -0.39 is 0 Å². The number of ether oxygens (including phenoxy) is 1. The molecule has 1 amide bonds. The largest absolute Gasteiger partial charge is 0.492 e. The van der Waals surface area contributed by atoms with Crippen molar-refractivity contribution in [1.82, 2.24) is 10.3 Å². The Morgan fingerprint density at radius 3 is 3.22 bits per heavy atom. The molecule has 1 aliphatic rings. The van der Waals surface area contributed by atoms with Gasteiger partial charge in [0.25, 0.3) is 0 Å². The minimum atomic E-state index is -0.104. The third-order valence-corrected chi connectivity index (χ3v) is 5.44. The van der Waals surface area contributed by atoms with Crippen LogP contribution >= 0.6 is 23.1 Å². The van der Waals surface area contributed by atoms with Crippen molar-refractivity contribution in [3.8, 4) is 5.75 Å². The summed E-state index contributed by atoms with van der Waals surface area (Å²) in [6.45, 7) is 1.08. The molecule has 1 aromatic heterocycles. The van der Waals surface area contributed by atoms with Crippen LogP contribution in [0.3, 0.4) is 0 Å². The molecule has 122 valence electrons. The predicted octanol–water partition coefficient (Wildman–Crippen LogP) is 2.92. The van der Waals surface area contributed by atoms with Crippen molar-refractivity contribution >= 4 is 29.0 Å². The Kier molecular flexibility index (Phi) is 5.56. The number of hydrogen-bond donors (Lipinski definition) is 1. The summed E-state index contributed by atoms with van der Waals surface area (Å²) < 4.78 is 5.68. The van der Waals surface area contributed by atoms with Crippen LogP contribution in [0.4, 0.5) is 0 Å². The van der Waals surface area contributed by atoms with Crippen LogP contribution < -0.4 is 10.1 Å². The SMILES string of the molecule is CSCc1nc(CCNC(=O)[C@H]2COc3ccccc3C2)cs1. The topological polar surface area (TPSA) is 51.2 Å². The third-order valence-electron chi connectivity index (χ3n) is 3.80. The highest BCUT2D eigenvalue weighted by Crippen LogP contribution is 2.26. The molecular formula is C17H20N2O2S2. The van der Waals surface area contributed by atoms with Crippen LogP contribution in [0.1, 0.15) is 16.3 Å². The van der Waals surface area contributed by atoms with Crippen molar-refractivity contribution in [2.24, 2.45) is 5.92 Å². The quantitative estimate of drug-likeness (QED) is 0.872. The number of carbonyl (C=O) groups is 1. The second-order valence-corrected chi connectivity index (χ2v) is 7.34. The van der Waals surface area contributed by atoms with E-state index in [1.807, 2.05) is 24.3 Å². The van der Waals surface area contributed by atoms with Crippen LogP contribution in [0.25, 0.3) is 0 Å². The van der Waals surface area contributed by atoms with E-state index in [4.69, 9.17) is 4.74 Å². The lowest BCUT2D eigenvalue weighted by atomic mass is 9.96. The zero-order chi connectivity index (χ0) is 16.1. The van der Waals surface area contributed by atoms with E-state index in [1.54, 1.807) is 23.1 Å². The van der Waals surface area contributed by atoms with Gasteiger partial charge in [0.05, 0.1) is 11.6 Å². The summed E-state index contributed by atoms with van der Waals surface area (Å²) in [6, 6.07) is 7.92. The number of nitrogens with zero attached hydrogens (tertiary/aromatic N) is 1. The van der Waals surface area contributed by atoms with E-state index in [9.17, 15) is 4.79 Å². The zero-order valence-electron chi connectivity index (χ0n) is 13.1. The maximum Gasteiger partial charge on any atom is 0.226 e. The molecule has 0 aliphatic carbocycles. The summed E-state index contributed by atoms with van der Waals surface area (Å²) in [5, 5.41) is 6.24. The summed E-state index contributed by atoms with van der Waals surface area (Å²) in [5.41, 5.74) is 2.17. The minimum absolute atomic E-state index is 0.0686. The summed E-state index contributed by atoms with van der Waals surface area (Å²) in [5.74, 6) is 1.82. The van der Waals surface area contributed by atoms with Crippen LogP contribution in [0, 0.1) is 5.92 Å². The first-order chi connectivity index (χ1) is 11.3. The van der Waals surface area contributed by atoms with Gasteiger partial charge >= 0.3 is 0 Å². The highest BCUT2D eigenvalue weighted by atomic mass is 32.2. The number of benzene rings is 1. The van der Waals surface area contributed by atoms with E-state index >= 15 is 0 Å². The molecule has 2 aromatic rings. The first-order valence-electron chi connectivity index (χ1n) is 7.67. The van der Waals surface area contributed by atoms with Crippen LogP contribution in [-0.2, 0) is 23.4 Å². The number of para-hydroxylation sites is 1. The monoisotopic (exact) mass is 348 g/mol. The van der Waals surface area contributed by atoms with E-state index in [1.165, 1.54) is 0 Å². The molecule has 1 aromatic carbocycles. The second kappa shape index (κ2) is 7.84. The second-order valence-electron chi connectivity index (χ2n) is 5.53. The van der Waals surface area contributed by atoms with Gasteiger partial charge in [0.15, 0.2) is 0 Å². The van der Waals surface area contributed by atoms with Gasteiger partial charge in [0, 0.05) is 24.1 Å². The average Bonchev–Trinajstić information content (AvgIpc) is 3.02. The molecule has 4 nitrogen and oxygen atoms in total. The van der Waals surface area contributed by atoms with Crippen LogP contribution in [0.2, 0.25) is 0 Å². The third kappa shape index (κ3) is 4.26. The molecule has 6 heteroatoms. The Morgan fingerprint density at radius 2 is 2.35 bits per heavy atom. The number of amides is 1. The number of carbonyl (C=O) groups excluding carboxylic acids is 1. The highest BCUT2D eigenvalue weighted by molar-refractivity contribution is 7.97. The van der Waals surface area contributed by atoms with Crippen molar-refractivity contribution in [1.29, 1.82) is 0 Å². The Morgan fingerprint density at radius 1 is 1.48 bits per heavy atom. The van der Waals surface area contributed by atoms with E-state index in [2.05, 4.69) is 21.9 Å². The fourth-order valence-electron chi connectivity index (χ4n) is 2.61. The molecular weight excluding hydrogens is 328 g/mol. The molecule has 1 N–H and O–H groups in total. The lowest BCUT2D eigenvalue weighted by molar-refractivity contribution is -0.126. The summed E-state index contributed by atoms with van der Waals surface area (Å²) in [7, 11) is 0. The van der Waals surface area contributed by atoms with E-state index in [0.717, 1.165) is 40.6 Å². The van der Waals surface area contributed by atoms with Gasteiger partial charge in [-0.05, 0) is 24.3 Å². The van der Waals surface area contributed by atoms with Crippen molar-refractivity contribution in [2.75, 3.05) is 19.4 Å². The molecule has 0 radical (unpaired) electrons. The molecule has 0 fully saturated rings. The Labute approximate surface area is 144 Å². The van der Waals surface area contributed by atoms with Crippen LogP contribution in [0.15, 0.2) is 29.6 Å². The van der Waals surface area contributed by atoms with Crippen LogP contribution in [-0.4, -0.2) is 30.3 Å². The Balaban J connectivity index is 1.46. The van der Waals surface area contributed by atoms with Gasteiger partial charge in [-0.25, -0.2) is 4.98 Å². The normalized spacial score (nSPS) is 16.5. The number of nitrogens with one attached hydrogen (secondary N) is 1. The number of thiazole rings is 1. The van der Waals surface area contributed by atoms with Crippen molar-refractivity contribution in [3.05, 3.63) is 45.9 Å². The molecule has 0 saturated heterocycles. The minimum Gasteiger partial charge on any atom is -0.492 e. The van der Waals surface area contributed by atoms with Crippen molar-refractivity contribution in [3.63, 3.8) is 0 Å². The Bertz CT molecular complexity index is 672. The summed E-state index contributed by atoms with van der Waals surface area (Å²) in [4.78, 5) is 16.9. The number of hydrogen-bond acceptors (Lipinski definition) is 5. The average molecular weight is 348 g/mol. The maximum atomic E-state index is 12.3. The standard InChI is InChI=1S/C17H20N2O2S2/c1-22-11-16-19-14(10-23-16)6-7-18-17(20)13-8-12-4-2-3-5-15(12)21-9-13/h2-5,10,13H,6-9,11H2,1H3,(H,18,20)/t13-/m1/s1. The molecule has 23 heavy (non-hydrogen) atoms. The summed E-state index contributed by atoms with van der Waals surface area (Å²) >= 11 is 3.46. The predicted molar refractivity (Wildman–Crippen MR) is 95.2 cm³/mol. The van der Waals surface area contributed by atoms with E-state index in [-0.39, 0.29) is 11.8 Å². The van der Waals surface area contributed by atoms with Gasteiger partial charge in [-0.15, -0.1) is 11.3 Å². The van der Waals surface area contributed by atoms with Gasteiger partial charge in [-0.3, -0.25) is 4.79 Å². The fraction of sp³-hybridized carbons (Fsp3) is 0.412. The fourth-order valence-corrected chi connectivity index (χ4v) is 4.16. The summed E-state index contributed by atoms with van der Waals surface area (Å²) in [6.07, 6.45) is 3.60. The Hall–Kier alpha value is -1.53.